The van der Waals surface area contributed by atoms with Crippen LogP contribution in [0.2, 0.25) is 5.02 Å². The van der Waals surface area contributed by atoms with Gasteiger partial charge in [0.25, 0.3) is 5.91 Å². The summed E-state index contributed by atoms with van der Waals surface area (Å²) in [5.74, 6) is 0.294. The number of rotatable bonds is 7. The summed E-state index contributed by atoms with van der Waals surface area (Å²) in [5.41, 5.74) is 3.08. The molecule has 3 aromatic carbocycles. The predicted octanol–water partition coefficient (Wildman–Crippen LogP) is 4.71. The van der Waals surface area contributed by atoms with Crippen molar-refractivity contribution in [3.05, 3.63) is 95.0 Å². The summed E-state index contributed by atoms with van der Waals surface area (Å²) < 4.78 is 6.05. The number of hydrogen-bond acceptors (Lipinski definition) is 4. The van der Waals surface area contributed by atoms with Crippen LogP contribution in [0.15, 0.2) is 78.9 Å². The van der Waals surface area contributed by atoms with E-state index in [-0.39, 0.29) is 24.3 Å². The molecule has 0 spiro atoms. The maximum atomic E-state index is 13.8. The number of halogens is 1. The second-order valence-corrected chi connectivity index (χ2v) is 10.2. The van der Waals surface area contributed by atoms with Gasteiger partial charge in [-0.3, -0.25) is 14.5 Å². The summed E-state index contributed by atoms with van der Waals surface area (Å²) in [4.78, 5) is 30.9. The number of anilines is 1. The lowest BCUT2D eigenvalue weighted by Crippen LogP contribution is -2.53. The summed E-state index contributed by atoms with van der Waals surface area (Å²) in [6, 6.07) is 25.4. The molecule has 0 saturated carbocycles. The zero-order valence-electron chi connectivity index (χ0n) is 20.8. The minimum atomic E-state index is -0.747. The highest BCUT2D eigenvalue weighted by Crippen LogP contribution is 2.35. The molecule has 5 rings (SSSR count). The number of carbonyl (C=O) groups is 2. The molecule has 1 saturated heterocycles. The summed E-state index contributed by atoms with van der Waals surface area (Å²) >= 11 is 6.03. The molecule has 0 bridgehead atoms. The van der Waals surface area contributed by atoms with E-state index in [2.05, 4.69) is 10.2 Å². The lowest BCUT2D eigenvalue weighted by Gasteiger charge is -2.38. The van der Waals surface area contributed by atoms with E-state index < -0.39 is 6.10 Å². The molecule has 2 atom stereocenters. The Morgan fingerprint density at radius 2 is 1.68 bits per heavy atom. The van der Waals surface area contributed by atoms with Gasteiger partial charge in [0.2, 0.25) is 5.91 Å². The maximum Gasteiger partial charge on any atom is 0.262 e. The van der Waals surface area contributed by atoms with Crippen molar-refractivity contribution < 1.29 is 14.3 Å². The summed E-state index contributed by atoms with van der Waals surface area (Å²) in [6.07, 6.45) is 1.79. The number of nitrogens with zero attached hydrogens (tertiary/aromatic N) is 2. The standard InChI is InChI=1S/C30H32ClN3O3/c31-25-14-12-23(13-15-25)19-33-18-6-9-24(20-33)30(36)34-21-28(37-27-11-5-4-10-26(27)34)29(35)32-17-16-22-7-2-1-3-8-22/h1-5,7-8,10-15,24,28H,6,9,16-21H2,(H,32,35)/t24-,28+/m1/s1. The Bertz CT molecular complexity index is 1220. The van der Waals surface area contributed by atoms with Gasteiger partial charge in [0, 0.05) is 24.7 Å². The fourth-order valence-electron chi connectivity index (χ4n) is 5.14. The van der Waals surface area contributed by atoms with Crippen LogP contribution in [0.25, 0.3) is 0 Å². The molecule has 7 heteroatoms. The van der Waals surface area contributed by atoms with Crippen molar-refractivity contribution in [3.63, 3.8) is 0 Å². The van der Waals surface area contributed by atoms with Gasteiger partial charge in [-0.05, 0) is 61.2 Å². The van der Waals surface area contributed by atoms with Crippen molar-refractivity contribution in [2.75, 3.05) is 31.1 Å². The van der Waals surface area contributed by atoms with E-state index in [1.165, 1.54) is 5.56 Å². The van der Waals surface area contributed by atoms with Crippen molar-refractivity contribution in [1.29, 1.82) is 0 Å². The van der Waals surface area contributed by atoms with E-state index >= 15 is 0 Å². The second-order valence-electron chi connectivity index (χ2n) is 9.75. The molecule has 2 aliphatic heterocycles. The van der Waals surface area contributed by atoms with Gasteiger partial charge >= 0.3 is 0 Å². The van der Waals surface area contributed by atoms with E-state index in [1.54, 1.807) is 4.90 Å². The van der Waals surface area contributed by atoms with Gasteiger partial charge in [0.15, 0.2) is 6.10 Å². The minimum absolute atomic E-state index is 0.0543. The molecule has 0 radical (unpaired) electrons. The molecular weight excluding hydrogens is 486 g/mol. The Hall–Kier alpha value is -3.35. The van der Waals surface area contributed by atoms with Gasteiger partial charge in [-0.2, -0.15) is 0 Å². The number of piperidine rings is 1. The predicted molar refractivity (Wildman–Crippen MR) is 146 cm³/mol. The molecule has 0 aliphatic carbocycles. The lowest BCUT2D eigenvalue weighted by molar-refractivity contribution is -0.129. The van der Waals surface area contributed by atoms with Crippen molar-refractivity contribution in [2.45, 2.75) is 31.9 Å². The van der Waals surface area contributed by atoms with Crippen molar-refractivity contribution >= 4 is 29.1 Å². The van der Waals surface area contributed by atoms with Gasteiger partial charge in [-0.1, -0.05) is 66.2 Å². The van der Waals surface area contributed by atoms with Crippen LogP contribution in [0.4, 0.5) is 5.69 Å². The van der Waals surface area contributed by atoms with Crippen molar-refractivity contribution in [2.24, 2.45) is 5.92 Å². The van der Waals surface area contributed by atoms with Crippen LogP contribution in [-0.2, 0) is 22.6 Å². The van der Waals surface area contributed by atoms with Gasteiger partial charge < -0.3 is 15.0 Å². The number of fused-ring (bicyclic) bond motifs is 1. The Morgan fingerprint density at radius 1 is 0.919 bits per heavy atom. The van der Waals surface area contributed by atoms with Crippen LogP contribution in [-0.4, -0.2) is 49.0 Å². The third-order valence-corrected chi connectivity index (χ3v) is 7.31. The first kappa shape index (κ1) is 25.3. The Balaban J connectivity index is 1.24. The quantitative estimate of drug-likeness (QED) is 0.493. The number of amides is 2. The van der Waals surface area contributed by atoms with Crippen molar-refractivity contribution in [3.8, 4) is 5.75 Å². The highest BCUT2D eigenvalue weighted by molar-refractivity contribution is 6.30. The summed E-state index contributed by atoms with van der Waals surface area (Å²) in [6.45, 7) is 3.15. The van der Waals surface area contributed by atoms with Crippen LogP contribution >= 0.6 is 11.6 Å². The van der Waals surface area contributed by atoms with E-state index in [9.17, 15) is 9.59 Å². The van der Waals surface area contributed by atoms with E-state index in [4.69, 9.17) is 16.3 Å². The van der Waals surface area contributed by atoms with Crippen LogP contribution in [0.5, 0.6) is 5.75 Å². The molecule has 2 heterocycles. The van der Waals surface area contributed by atoms with Crippen molar-refractivity contribution in [1.82, 2.24) is 10.2 Å². The average Bonchev–Trinajstić information content (AvgIpc) is 2.94. The van der Waals surface area contributed by atoms with E-state index in [0.29, 0.717) is 18.8 Å². The first-order valence-electron chi connectivity index (χ1n) is 12.9. The van der Waals surface area contributed by atoms with Gasteiger partial charge in [-0.25, -0.2) is 0 Å². The number of para-hydroxylation sites is 2. The smallest absolute Gasteiger partial charge is 0.262 e. The Labute approximate surface area is 223 Å². The zero-order chi connectivity index (χ0) is 25.6. The fraction of sp³-hybridized carbons (Fsp3) is 0.333. The normalized spacial score (nSPS) is 19.5. The third kappa shape index (κ3) is 6.32. The molecule has 3 aromatic rings. The molecule has 1 N–H and O–H groups in total. The topological polar surface area (TPSA) is 61.9 Å². The molecule has 0 aromatic heterocycles. The van der Waals surface area contributed by atoms with Crippen LogP contribution in [0.3, 0.4) is 0 Å². The van der Waals surface area contributed by atoms with Gasteiger partial charge in [0.1, 0.15) is 5.75 Å². The Morgan fingerprint density at radius 3 is 2.49 bits per heavy atom. The van der Waals surface area contributed by atoms with Crippen LogP contribution < -0.4 is 15.0 Å². The highest BCUT2D eigenvalue weighted by atomic mass is 35.5. The fourth-order valence-corrected chi connectivity index (χ4v) is 5.26. The first-order chi connectivity index (χ1) is 18.1. The molecule has 1 fully saturated rings. The molecule has 6 nitrogen and oxygen atoms in total. The number of hydrogen-bond donors (Lipinski definition) is 1. The van der Waals surface area contributed by atoms with Crippen LogP contribution in [0.1, 0.15) is 24.0 Å². The molecule has 2 aliphatic rings. The monoisotopic (exact) mass is 517 g/mol. The third-order valence-electron chi connectivity index (χ3n) is 7.06. The maximum absolute atomic E-state index is 13.8. The highest BCUT2D eigenvalue weighted by Gasteiger charge is 2.37. The summed E-state index contributed by atoms with van der Waals surface area (Å²) in [5, 5.41) is 3.71. The number of likely N-dealkylation sites (tertiary alicyclic amines) is 1. The number of carbonyl (C=O) groups excluding carboxylic acids is 2. The minimum Gasteiger partial charge on any atom is -0.477 e. The number of ether oxygens (including phenoxy) is 1. The van der Waals surface area contributed by atoms with Gasteiger partial charge in [-0.15, -0.1) is 0 Å². The molecular formula is C30H32ClN3O3. The molecule has 192 valence electrons. The van der Waals surface area contributed by atoms with Gasteiger partial charge in [0.05, 0.1) is 18.2 Å². The molecule has 2 amide bonds. The number of nitrogens with one attached hydrogen (secondary N) is 1. The number of benzene rings is 3. The molecule has 37 heavy (non-hydrogen) atoms. The average molecular weight is 518 g/mol. The first-order valence-corrected chi connectivity index (χ1v) is 13.3. The SMILES string of the molecule is O=C(NCCc1ccccc1)[C@@H]1CN(C(=O)[C@@H]2CCCN(Cc3ccc(Cl)cc3)C2)c2ccccc2O1. The molecule has 0 unspecified atom stereocenters. The largest absolute Gasteiger partial charge is 0.477 e. The summed E-state index contributed by atoms with van der Waals surface area (Å²) in [7, 11) is 0. The van der Waals surface area contributed by atoms with Crippen LogP contribution in [0, 0.1) is 5.92 Å². The second kappa shape index (κ2) is 11.8. The zero-order valence-corrected chi connectivity index (χ0v) is 21.6. The Kier molecular flexibility index (Phi) is 8.07. The lowest BCUT2D eigenvalue weighted by atomic mass is 9.95. The van der Waals surface area contributed by atoms with E-state index in [1.807, 2.05) is 78.9 Å². The van der Waals surface area contributed by atoms with E-state index in [0.717, 1.165) is 48.6 Å².